The number of hydrogen-bond donors (Lipinski definition) is 0. The molecule has 0 aromatic heterocycles. The van der Waals surface area contributed by atoms with E-state index in [4.69, 9.17) is 4.74 Å². The standard InChI is InChI=1S/C40H37F9O/c1-2-3-4-6-24-9-18-33(38(45)19-24)40(48,49)50-29-14-10-25(11-15-29)26-12-16-30(34(41)20-26)27-13-17-31(35(42)21-27)28-22-36(43)32(37(44)23-28)7-5-8-39(46)47/h8-9,12-13,16-23,25,29H,2-7,10-11,14-15H2,1H3. The number of unbranched alkanes of at least 4 members (excludes halogenated alkanes) is 2. The molecule has 0 N–H and O–H groups in total. The molecule has 0 unspecified atom stereocenters. The van der Waals surface area contributed by atoms with E-state index in [1.165, 1.54) is 30.3 Å². The minimum Gasteiger partial charge on any atom is -0.313 e. The molecule has 50 heavy (non-hydrogen) atoms. The Morgan fingerprint density at radius 1 is 0.700 bits per heavy atom. The van der Waals surface area contributed by atoms with Crippen molar-refractivity contribution in [3.05, 3.63) is 130 Å². The van der Waals surface area contributed by atoms with Gasteiger partial charge in [0.2, 0.25) is 0 Å². The van der Waals surface area contributed by atoms with Crippen LogP contribution in [0, 0.1) is 29.1 Å². The van der Waals surface area contributed by atoms with Crippen LogP contribution in [0.25, 0.3) is 22.3 Å². The van der Waals surface area contributed by atoms with Gasteiger partial charge in [-0.1, -0.05) is 50.1 Å². The van der Waals surface area contributed by atoms with Gasteiger partial charge in [0.05, 0.1) is 11.7 Å². The van der Waals surface area contributed by atoms with Crippen molar-refractivity contribution in [1.29, 1.82) is 0 Å². The molecule has 0 atom stereocenters. The van der Waals surface area contributed by atoms with Crippen molar-refractivity contribution in [2.24, 2.45) is 0 Å². The summed E-state index contributed by atoms with van der Waals surface area (Å²) >= 11 is 0. The van der Waals surface area contributed by atoms with E-state index in [0.29, 0.717) is 36.5 Å². The maximum Gasteiger partial charge on any atom is 0.386 e. The van der Waals surface area contributed by atoms with Crippen molar-refractivity contribution in [2.45, 2.75) is 89.3 Å². The molecule has 5 rings (SSSR count). The summed E-state index contributed by atoms with van der Waals surface area (Å²) in [5, 5.41) is 0. The van der Waals surface area contributed by atoms with Crippen molar-refractivity contribution in [3.63, 3.8) is 0 Å². The second-order valence-corrected chi connectivity index (χ2v) is 12.8. The largest absolute Gasteiger partial charge is 0.386 e. The van der Waals surface area contributed by atoms with Gasteiger partial charge in [0, 0.05) is 16.7 Å². The molecule has 0 amide bonds. The van der Waals surface area contributed by atoms with E-state index in [-0.39, 0.29) is 53.9 Å². The molecule has 0 radical (unpaired) electrons. The molecule has 0 heterocycles. The highest BCUT2D eigenvalue weighted by molar-refractivity contribution is 5.72. The van der Waals surface area contributed by atoms with E-state index in [0.717, 1.165) is 49.6 Å². The fraction of sp³-hybridized carbons (Fsp3) is 0.350. The summed E-state index contributed by atoms with van der Waals surface area (Å²) in [5.41, 5.74) is 0.173. The minimum absolute atomic E-state index is 0.0927. The minimum atomic E-state index is -3.80. The third-order valence-electron chi connectivity index (χ3n) is 9.29. The lowest BCUT2D eigenvalue weighted by molar-refractivity contribution is -0.278. The van der Waals surface area contributed by atoms with Crippen LogP contribution in [0.5, 0.6) is 0 Å². The van der Waals surface area contributed by atoms with Crippen LogP contribution in [-0.4, -0.2) is 6.10 Å². The summed E-state index contributed by atoms with van der Waals surface area (Å²) in [6.45, 7) is 2.04. The van der Waals surface area contributed by atoms with Crippen LogP contribution in [0.1, 0.15) is 86.5 Å². The van der Waals surface area contributed by atoms with Gasteiger partial charge < -0.3 is 4.74 Å². The number of ether oxygens (including phenoxy) is 1. The molecule has 1 nitrogen and oxygen atoms in total. The van der Waals surface area contributed by atoms with Gasteiger partial charge in [-0.3, -0.25) is 0 Å². The first-order valence-corrected chi connectivity index (χ1v) is 16.8. The highest BCUT2D eigenvalue weighted by atomic mass is 19.3. The van der Waals surface area contributed by atoms with Gasteiger partial charge >= 0.3 is 6.11 Å². The molecule has 1 fully saturated rings. The van der Waals surface area contributed by atoms with Crippen LogP contribution in [0.4, 0.5) is 39.5 Å². The second kappa shape index (κ2) is 16.3. The zero-order chi connectivity index (χ0) is 36.0. The lowest BCUT2D eigenvalue weighted by Gasteiger charge is -2.31. The Morgan fingerprint density at radius 3 is 1.96 bits per heavy atom. The van der Waals surface area contributed by atoms with Gasteiger partial charge in [-0.2, -0.15) is 17.6 Å². The van der Waals surface area contributed by atoms with Crippen LogP contribution >= 0.6 is 0 Å². The second-order valence-electron chi connectivity index (χ2n) is 12.8. The number of alkyl halides is 2. The van der Waals surface area contributed by atoms with E-state index in [9.17, 15) is 30.7 Å². The van der Waals surface area contributed by atoms with E-state index in [2.05, 4.69) is 0 Å². The molecule has 1 aliphatic carbocycles. The van der Waals surface area contributed by atoms with Crippen LogP contribution in [-0.2, 0) is 23.7 Å². The first-order valence-electron chi connectivity index (χ1n) is 16.8. The Bertz CT molecular complexity index is 1800. The predicted molar refractivity (Wildman–Crippen MR) is 175 cm³/mol. The third-order valence-corrected chi connectivity index (χ3v) is 9.29. The topological polar surface area (TPSA) is 9.23 Å². The average Bonchev–Trinajstić information content (AvgIpc) is 3.06. The fourth-order valence-corrected chi connectivity index (χ4v) is 6.58. The predicted octanol–water partition coefficient (Wildman–Crippen LogP) is 13.0. The Kier molecular flexibility index (Phi) is 12.1. The maximum atomic E-state index is 15.4. The van der Waals surface area contributed by atoms with Crippen molar-refractivity contribution < 1.29 is 44.3 Å². The monoisotopic (exact) mass is 704 g/mol. The summed E-state index contributed by atoms with van der Waals surface area (Å²) in [4.78, 5) is 0. The number of hydrogen-bond acceptors (Lipinski definition) is 1. The highest BCUT2D eigenvalue weighted by Gasteiger charge is 2.40. The third kappa shape index (κ3) is 8.99. The number of aryl methyl sites for hydroxylation is 1. The zero-order valence-electron chi connectivity index (χ0n) is 27.5. The summed E-state index contributed by atoms with van der Waals surface area (Å²) < 4.78 is 134. The van der Waals surface area contributed by atoms with E-state index < -0.39 is 58.5 Å². The maximum absolute atomic E-state index is 15.4. The lowest BCUT2D eigenvalue weighted by Crippen LogP contribution is -2.30. The summed E-state index contributed by atoms with van der Waals surface area (Å²) in [6.07, 6.45) is -1.73. The number of allylic oxidation sites excluding steroid dienone is 1. The van der Waals surface area contributed by atoms with Gasteiger partial charge in [0.15, 0.2) is 0 Å². The van der Waals surface area contributed by atoms with Crippen LogP contribution in [0.15, 0.2) is 78.9 Å². The summed E-state index contributed by atoms with van der Waals surface area (Å²) in [6, 6.07) is 13.8. The molecule has 0 saturated heterocycles. The van der Waals surface area contributed by atoms with Crippen molar-refractivity contribution >= 4 is 0 Å². The molecule has 0 bridgehead atoms. The average molecular weight is 705 g/mol. The Hall–Kier alpha value is -4.05. The van der Waals surface area contributed by atoms with E-state index in [1.54, 1.807) is 6.07 Å². The molecule has 0 spiro atoms. The molecule has 10 heteroatoms. The first-order chi connectivity index (χ1) is 23.9. The lowest BCUT2D eigenvalue weighted by atomic mass is 9.82. The van der Waals surface area contributed by atoms with Gasteiger partial charge in [-0.25, -0.2) is 22.0 Å². The van der Waals surface area contributed by atoms with Crippen LogP contribution < -0.4 is 0 Å². The van der Waals surface area contributed by atoms with Crippen molar-refractivity contribution in [1.82, 2.24) is 0 Å². The Labute approximate surface area is 285 Å². The zero-order valence-corrected chi connectivity index (χ0v) is 27.5. The number of halogens is 9. The molecule has 1 saturated carbocycles. The summed E-state index contributed by atoms with van der Waals surface area (Å²) in [7, 11) is 0. The van der Waals surface area contributed by atoms with E-state index in [1.807, 2.05) is 6.92 Å². The molecule has 266 valence electrons. The molecule has 1 aliphatic rings. The summed E-state index contributed by atoms with van der Waals surface area (Å²) in [5.74, 6) is -4.61. The fourth-order valence-electron chi connectivity index (χ4n) is 6.58. The van der Waals surface area contributed by atoms with Crippen LogP contribution in [0.3, 0.4) is 0 Å². The number of rotatable bonds is 13. The number of benzene rings is 4. The molecular formula is C40H37F9O. The van der Waals surface area contributed by atoms with Crippen molar-refractivity contribution in [2.75, 3.05) is 0 Å². The van der Waals surface area contributed by atoms with Gasteiger partial charge in [-0.15, -0.1) is 0 Å². The van der Waals surface area contributed by atoms with Gasteiger partial charge in [0.1, 0.15) is 29.1 Å². The molecular weight excluding hydrogens is 667 g/mol. The molecule has 4 aromatic carbocycles. The smallest absolute Gasteiger partial charge is 0.313 e. The van der Waals surface area contributed by atoms with Gasteiger partial charge in [-0.05, 0) is 122 Å². The van der Waals surface area contributed by atoms with E-state index >= 15 is 8.78 Å². The first kappa shape index (κ1) is 37.2. The van der Waals surface area contributed by atoms with Crippen molar-refractivity contribution in [3.8, 4) is 22.3 Å². The SMILES string of the molecule is CCCCCc1ccc(C(F)(F)OC2CCC(c3ccc(-c4ccc(-c5cc(F)c(CCC=C(F)F)c(F)c5)c(F)c4)c(F)c3)CC2)c(F)c1. The normalized spacial score (nSPS) is 16.4. The van der Waals surface area contributed by atoms with Crippen LogP contribution in [0.2, 0.25) is 0 Å². The highest BCUT2D eigenvalue weighted by Crippen LogP contribution is 2.41. The Balaban J connectivity index is 1.21. The quantitative estimate of drug-likeness (QED) is 0.0994. The molecule has 0 aliphatic heterocycles. The van der Waals surface area contributed by atoms with Gasteiger partial charge in [0.25, 0.3) is 6.08 Å². The Morgan fingerprint density at radius 2 is 1.34 bits per heavy atom. The molecule has 4 aromatic rings.